The van der Waals surface area contributed by atoms with Gasteiger partial charge >= 0.3 is 7.55 Å². The van der Waals surface area contributed by atoms with Crippen LogP contribution in [-0.2, 0) is 6.54 Å². The predicted octanol–water partition coefficient (Wildman–Crippen LogP) is 7.35. The van der Waals surface area contributed by atoms with Crippen LogP contribution in [0.4, 0.5) is 0 Å². The van der Waals surface area contributed by atoms with Crippen LogP contribution in [-0.4, -0.2) is 51.1 Å². The van der Waals surface area contributed by atoms with Crippen molar-refractivity contribution in [3.8, 4) is 0 Å². The number of benzene rings is 1. The van der Waals surface area contributed by atoms with Gasteiger partial charge < -0.3 is 8.79 Å². The van der Waals surface area contributed by atoms with Gasteiger partial charge in [-0.25, -0.2) is 0 Å². The van der Waals surface area contributed by atoms with Crippen molar-refractivity contribution in [2.24, 2.45) is 0 Å². The van der Waals surface area contributed by atoms with E-state index in [0.29, 0.717) is 0 Å². The highest BCUT2D eigenvalue weighted by Gasteiger charge is 2.20. The molecule has 172 valence electrons. The van der Waals surface area contributed by atoms with Crippen LogP contribution in [0.25, 0.3) is 0 Å². The van der Waals surface area contributed by atoms with Crippen molar-refractivity contribution in [2.45, 2.75) is 103 Å². The molecular formula is C27H52BN2+. The fraction of sp³-hybridized carbons (Fsp3) is 0.778. The number of rotatable bonds is 19. The van der Waals surface area contributed by atoms with Gasteiger partial charge in [-0.2, -0.15) is 0 Å². The number of hydrogen-bond acceptors (Lipinski definition) is 0. The Hall–Kier alpha value is -0.795. The van der Waals surface area contributed by atoms with Gasteiger partial charge in [-0.05, 0) is 12.8 Å². The van der Waals surface area contributed by atoms with E-state index in [-0.39, 0.29) is 0 Å². The Morgan fingerprint density at radius 3 is 1.47 bits per heavy atom. The molecule has 2 radical (unpaired) electrons. The first-order valence-corrected chi connectivity index (χ1v) is 12.9. The average Bonchev–Trinajstić information content (AvgIpc) is 2.67. The Balaban J connectivity index is 2.01. The molecule has 0 atom stereocenters. The first-order chi connectivity index (χ1) is 14.3. The van der Waals surface area contributed by atoms with Crippen LogP contribution >= 0.6 is 0 Å². The van der Waals surface area contributed by atoms with E-state index < -0.39 is 0 Å². The molecule has 1 rings (SSSR count). The summed E-state index contributed by atoms with van der Waals surface area (Å²) in [7, 11) is 11.8. The topological polar surface area (TPSA) is 0 Å². The van der Waals surface area contributed by atoms with E-state index in [1.54, 1.807) is 0 Å². The zero-order valence-corrected chi connectivity index (χ0v) is 21.2. The lowest BCUT2D eigenvalue weighted by Gasteiger charge is -2.50. The summed E-state index contributed by atoms with van der Waals surface area (Å²) in [5, 5.41) is 0. The van der Waals surface area contributed by atoms with Crippen molar-refractivity contribution in [2.75, 3.05) is 34.7 Å². The lowest BCUT2D eigenvalue weighted by molar-refractivity contribution is -0.897. The molecule has 1 aromatic rings. The van der Waals surface area contributed by atoms with E-state index in [1.807, 2.05) is 0 Å². The summed E-state index contributed by atoms with van der Waals surface area (Å²) in [6, 6.07) is 10.9. The van der Waals surface area contributed by atoms with E-state index in [2.05, 4.69) is 73.0 Å². The maximum Gasteiger partial charge on any atom is 0.341 e. The quantitative estimate of drug-likeness (QED) is 0.164. The second-order valence-corrected chi connectivity index (χ2v) is 10.6. The Labute approximate surface area is 190 Å². The standard InChI is InChI=1S/C27H52BN2/c1-6-7-8-9-10-11-12-13-14-15-16-17-18-22-25-29(2,3)28-30(4,5)26-27-23-20-19-21-24-27/h19-21,23-24H,6-18,22,25-26H2,1-5H3/q+1. The second-order valence-electron chi connectivity index (χ2n) is 10.6. The highest BCUT2D eigenvalue weighted by molar-refractivity contribution is 6.16. The summed E-state index contributed by atoms with van der Waals surface area (Å²) in [5.41, 5.74) is 1.41. The molecule has 2 nitrogen and oxygen atoms in total. The van der Waals surface area contributed by atoms with Crippen molar-refractivity contribution in [1.82, 2.24) is 0 Å². The van der Waals surface area contributed by atoms with Gasteiger partial charge in [-0.3, -0.25) is 0 Å². The minimum Gasteiger partial charge on any atom is -0.507 e. The fourth-order valence-electron chi connectivity index (χ4n) is 4.71. The molecule has 0 amide bonds. The molecule has 30 heavy (non-hydrogen) atoms. The molecule has 0 saturated heterocycles. The third kappa shape index (κ3) is 15.1. The molecule has 0 aliphatic carbocycles. The van der Waals surface area contributed by atoms with E-state index in [0.717, 1.165) is 15.3 Å². The molecule has 0 heterocycles. The molecule has 0 unspecified atom stereocenters. The maximum absolute atomic E-state index is 2.50. The Morgan fingerprint density at radius 2 is 1.00 bits per heavy atom. The highest BCUT2D eigenvalue weighted by Crippen LogP contribution is 2.15. The Kier molecular flexibility index (Phi) is 14.5. The van der Waals surface area contributed by atoms with E-state index in [1.165, 1.54) is 102 Å². The molecule has 0 aromatic heterocycles. The van der Waals surface area contributed by atoms with Gasteiger partial charge in [0.15, 0.2) is 0 Å². The summed E-state index contributed by atoms with van der Waals surface area (Å²) < 4.78 is 1.92. The van der Waals surface area contributed by atoms with Crippen molar-refractivity contribution < 1.29 is 8.79 Å². The molecule has 1 aromatic carbocycles. The number of nitrogens with zero attached hydrogens (tertiary/aromatic N) is 2. The van der Waals surface area contributed by atoms with Crippen LogP contribution in [0.1, 0.15) is 102 Å². The van der Waals surface area contributed by atoms with E-state index in [4.69, 9.17) is 0 Å². The largest absolute Gasteiger partial charge is 0.507 e. The Bertz CT molecular complexity index is 513. The van der Waals surface area contributed by atoms with Crippen molar-refractivity contribution in [3.63, 3.8) is 0 Å². The highest BCUT2D eigenvalue weighted by atomic mass is 15.4. The molecule has 0 N–H and O–H groups in total. The van der Waals surface area contributed by atoms with Gasteiger partial charge in [0, 0.05) is 40.3 Å². The zero-order valence-electron chi connectivity index (χ0n) is 21.2. The van der Waals surface area contributed by atoms with Gasteiger partial charge in [0.1, 0.15) is 0 Å². The molecule has 0 bridgehead atoms. The van der Waals surface area contributed by atoms with Gasteiger partial charge in [0.2, 0.25) is 0 Å². The fourth-order valence-corrected chi connectivity index (χ4v) is 4.71. The van der Waals surface area contributed by atoms with Crippen LogP contribution < -0.4 is 0 Å². The minimum atomic E-state index is 0.926. The Morgan fingerprint density at radius 1 is 0.567 bits per heavy atom. The smallest absolute Gasteiger partial charge is 0.341 e. The molecule has 0 aliphatic heterocycles. The maximum atomic E-state index is 2.50. The summed E-state index contributed by atoms with van der Waals surface area (Å²) in [4.78, 5) is 0. The summed E-state index contributed by atoms with van der Waals surface area (Å²) in [6.07, 6.45) is 20.0. The van der Waals surface area contributed by atoms with E-state index >= 15 is 0 Å². The summed E-state index contributed by atoms with van der Waals surface area (Å²) in [5.74, 6) is 0. The first kappa shape index (κ1) is 27.2. The van der Waals surface area contributed by atoms with Gasteiger partial charge in [0.05, 0.1) is 6.54 Å². The van der Waals surface area contributed by atoms with Gasteiger partial charge in [0.25, 0.3) is 0 Å². The van der Waals surface area contributed by atoms with Crippen molar-refractivity contribution >= 4 is 7.55 Å². The lowest BCUT2D eigenvalue weighted by atomic mass is 9.95. The third-order valence-electron chi connectivity index (χ3n) is 6.15. The minimum absolute atomic E-state index is 0.926. The number of hydrogen-bond donors (Lipinski definition) is 0. The van der Waals surface area contributed by atoms with Crippen molar-refractivity contribution in [3.05, 3.63) is 35.9 Å². The summed E-state index contributed by atoms with van der Waals surface area (Å²) in [6.45, 7) is 4.60. The van der Waals surface area contributed by atoms with Crippen LogP contribution in [0.3, 0.4) is 0 Å². The first-order valence-electron chi connectivity index (χ1n) is 12.9. The monoisotopic (exact) mass is 415 g/mol. The molecular weight excluding hydrogens is 363 g/mol. The zero-order chi connectivity index (χ0) is 22.1. The van der Waals surface area contributed by atoms with Crippen LogP contribution in [0, 0.1) is 0 Å². The SMILES string of the molecule is CCCCCCCCCCCCCCCC[N+](C)(C)[B-][N+](C)(C)Cc1ccccc1. The number of unbranched alkanes of at least 4 members (excludes halogenated alkanes) is 13. The second kappa shape index (κ2) is 15.9. The van der Waals surface area contributed by atoms with Crippen LogP contribution in [0.15, 0.2) is 30.3 Å². The summed E-state index contributed by atoms with van der Waals surface area (Å²) >= 11 is 0. The average molecular weight is 416 g/mol. The molecule has 0 fully saturated rings. The lowest BCUT2D eigenvalue weighted by Crippen LogP contribution is -2.58. The van der Waals surface area contributed by atoms with Crippen LogP contribution in [0.2, 0.25) is 0 Å². The molecule has 3 heteroatoms. The van der Waals surface area contributed by atoms with Crippen LogP contribution in [0.5, 0.6) is 0 Å². The normalized spacial score (nSPS) is 12.4. The molecule has 0 saturated carbocycles. The van der Waals surface area contributed by atoms with Gasteiger partial charge in [-0.1, -0.05) is 114 Å². The number of quaternary nitrogens is 2. The predicted molar refractivity (Wildman–Crippen MR) is 135 cm³/mol. The van der Waals surface area contributed by atoms with Gasteiger partial charge in [-0.15, -0.1) is 0 Å². The molecule has 0 spiro atoms. The third-order valence-corrected chi connectivity index (χ3v) is 6.15. The van der Waals surface area contributed by atoms with Crippen molar-refractivity contribution in [1.29, 1.82) is 0 Å². The molecule has 0 aliphatic rings. The van der Waals surface area contributed by atoms with E-state index in [9.17, 15) is 0 Å².